The summed E-state index contributed by atoms with van der Waals surface area (Å²) in [7, 11) is -3.99. The van der Waals surface area contributed by atoms with Crippen LogP contribution >= 0.6 is 23.2 Å². The molecule has 2 fully saturated rings. The number of hydrogen-bond donors (Lipinski definition) is 1. The first kappa shape index (κ1) is 30.8. The van der Waals surface area contributed by atoms with E-state index in [0.717, 1.165) is 0 Å². The first-order valence-electron chi connectivity index (χ1n) is 13.2. The second-order valence-corrected chi connectivity index (χ2v) is 13.5. The lowest BCUT2D eigenvalue weighted by Crippen LogP contribution is -2.62. The van der Waals surface area contributed by atoms with Gasteiger partial charge in [0.25, 0.3) is 15.9 Å². The first-order chi connectivity index (χ1) is 19.3. The standard InChI is InChI=1S/C28H32Cl2N4O6S/c1-27(2,3)40-26(36)34-15-7-13-28(34,25(35)33-14-6-8-20(33)17-31)18-39-23-12-11-19(16-22(23)30)32-41(37,38)24-10-5-4-9-21(24)29/h4-5,9-12,16,20,32H,6-8,13-15,18H2,1-3H3/t20-,28+/m0/s1. The molecule has 10 nitrogen and oxygen atoms in total. The Labute approximate surface area is 250 Å². The number of benzene rings is 2. The quantitative estimate of drug-likeness (QED) is 0.434. The normalized spacial score (nSPS) is 20.9. The summed E-state index contributed by atoms with van der Waals surface area (Å²) in [5.74, 6) is -0.182. The molecule has 2 heterocycles. The summed E-state index contributed by atoms with van der Waals surface area (Å²) in [4.78, 5) is 30.1. The lowest BCUT2D eigenvalue weighted by atomic mass is 9.94. The molecule has 1 N–H and O–H groups in total. The van der Waals surface area contributed by atoms with E-state index in [-0.39, 0.29) is 45.4 Å². The monoisotopic (exact) mass is 622 g/mol. The van der Waals surface area contributed by atoms with Crippen molar-refractivity contribution in [3.63, 3.8) is 0 Å². The van der Waals surface area contributed by atoms with Crippen LogP contribution in [0.1, 0.15) is 46.5 Å². The minimum atomic E-state index is -3.99. The fourth-order valence-corrected chi connectivity index (χ4v) is 6.86. The third-order valence-corrected chi connectivity index (χ3v) is 9.12. The molecule has 2 aromatic carbocycles. The summed E-state index contributed by atoms with van der Waals surface area (Å²) in [6.07, 6.45) is 1.45. The van der Waals surface area contributed by atoms with Gasteiger partial charge in [-0.25, -0.2) is 13.2 Å². The Morgan fingerprint density at radius 2 is 1.85 bits per heavy atom. The third-order valence-electron chi connectivity index (χ3n) is 6.94. The van der Waals surface area contributed by atoms with Crippen molar-refractivity contribution >= 4 is 50.9 Å². The van der Waals surface area contributed by atoms with Crippen molar-refractivity contribution in [1.82, 2.24) is 9.80 Å². The number of sulfonamides is 1. The zero-order valence-electron chi connectivity index (χ0n) is 23.0. The highest BCUT2D eigenvalue weighted by atomic mass is 35.5. The van der Waals surface area contributed by atoms with Gasteiger partial charge in [0, 0.05) is 13.1 Å². The van der Waals surface area contributed by atoms with Crippen LogP contribution in [0.4, 0.5) is 10.5 Å². The summed E-state index contributed by atoms with van der Waals surface area (Å²) in [5.41, 5.74) is -2.01. The molecule has 13 heteroatoms. The lowest BCUT2D eigenvalue weighted by Gasteiger charge is -2.40. The van der Waals surface area contributed by atoms with Gasteiger partial charge < -0.3 is 14.4 Å². The number of halogens is 2. The van der Waals surface area contributed by atoms with Gasteiger partial charge in [-0.3, -0.25) is 14.4 Å². The van der Waals surface area contributed by atoms with Crippen molar-refractivity contribution in [2.75, 3.05) is 24.4 Å². The van der Waals surface area contributed by atoms with E-state index >= 15 is 0 Å². The molecular formula is C28H32Cl2N4O6S. The number of amides is 2. The molecule has 2 aliphatic heterocycles. The van der Waals surface area contributed by atoms with E-state index in [1.165, 1.54) is 40.1 Å². The smallest absolute Gasteiger partial charge is 0.411 e. The van der Waals surface area contributed by atoms with Crippen molar-refractivity contribution in [3.8, 4) is 11.8 Å². The Bertz CT molecular complexity index is 1470. The van der Waals surface area contributed by atoms with Crippen molar-refractivity contribution in [2.45, 2.75) is 68.5 Å². The highest BCUT2D eigenvalue weighted by Gasteiger charge is 2.55. The van der Waals surface area contributed by atoms with E-state index in [2.05, 4.69) is 10.8 Å². The fourth-order valence-electron chi connectivity index (χ4n) is 5.06. The minimum Gasteiger partial charge on any atom is -0.489 e. The number of nitrogens with zero attached hydrogens (tertiary/aromatic N) is 3. The molecule has 0 unspecified atom stereocenters. The first-order valence-corrected chi connectivity index (χ1v) is 15.4. The predicted molar refractivity (Wildman–Crippen MR) is 154 cm³/mol. The van der Waals surface area contributed by atoms with Crippen LogP contribution < -0.4 is 9.46 Å². The molecule has 41 heavy (non-hydrogen) atoms. The molecule has 2 aromatic rings. The van der Waals surface area contributed by atoms with Gasteiger partial charge >= 0.3 is 6.09 Å². The molecule has 0 radical (unpaired) electrons. The number of likely N-dealkylation sites (tertiary alicyclic amines) is 2. The second-order valence-electron chi connectivity index (χ2n) is 11.0. The van der Waals surface area contributed by atoms with Gasteiger partial charge in [-0.15, -0.1) is 0 Å². The number of carbonyl (C=O) groups is 2. The van der Waals surface area contributed by atoms with Gasteiger partial charge in [-0.2, -0.15) is 5.26 Å². The number of rotatable bonds is 7. The summed E-state index contributed by atoms with van der Waals surface area (Å²) < 4.78 is 39.8. The van der Waals surface area contributed by atoms with Crippen molar-refractivity contribution in [3.05, 3.63) is 52.5 Å². The SMILES string of the molecule is CC(C)(C)OC(=O)N1CCC[C@@]1(COc1ccc(NS(=O)(=O)c2ccccc2Cl)cc1Cl)C(=O)N1CCC[C@H]1C#N. The van der Waals surface area contributed by atoms with Crippen LogP contribution in [0.5, 0.6) is 5.75 Å². The van der Waals surface area contributed by atoms with Crippen molar-refractivity contribution in [1.29, 1.82) is 5.26 Å². The number of carbonyl (C=O) groups excluding carboxylic acids is 2. The van der Waals surface area contributed by atoms with Gasteiger partial charge in [0.2, 0.25) is 0 Å². The molecule has 2 atom stereocenters. The number of ether oxygens (including phenoxy) is 2. The zero-order chi connectivity index (χ0) is 30.0. The third kappa shape index (κ3) is 6.66. The zero-order valence-corrected chi connectivity index (χ0v) is 25.4. The lowest BCUT2D eigenvalue weighted by molar-refractivity contribution is -0.144. The highest BCUT2D eigenvalue weighted by molar-refractivity contribution is 7.92. The summed E-state index contributed by atoms with van der Waals surface area (Å²) in [6, 6.07) is 12.0. The molecule has 2 saturated heterocycles. The Kier molecular flexibility index (Phi) is 8.97. The highest BCUT2D eigenvalue weighted by Crippen LogP contribution is 2.37. The van der Waals surface area contributed by atoms with Gasteiger partial charge in [-0.1, -0.05) is 35.3 Å². The number of anilines is 1. The maximum atomic E-state index is 14.0. The second kappa shape index (κ2) is 12.0. The van der Waals surface area contributed by atoms with Crippen LogP contribution in [0.15, 0.2) is 47.4 Å². The van der Waals surface area contributed by atoms with E-state index in [1.807, 2.05) is 0 Å². The Balaban J connectivity index is 1.59. The van der Waals surface area contributed by atoms with E-state index in [9.17, 15) is 23.3 Å². The van der Waals surface area contributed by atoms with Crippen molar-refractivity contribution in [2.24, 2.45) is 0 Å². The van der Waals surface area contributed by atoms with Gasteiger partial charge in [0.05, 0.1) is 21.8 Å². The average Bonchev–Trinajstić information content (AvgIpc) is 3.54. The van der Waals surface area contributed by atoms with Crippen molar-refractivity contribution < 1.29 is 27.5 Å². The maximum absolute atomic E-state index is 14.0. The minimum absolute atomic E-state index is 0.0729. The average molecular weight is 624 g/mol. The predicted octanol–water partition coefficient (Wildman–Crippen LogP) is 5.46. The number of nitriles is 1. The van der Waals surface area contributed by atoms with Crippen LogP contribution in [-0.2, 0) is 19.6 Å². The van der Waals surface area contributed by atoms with E-state index in [0.29, 0.717) is 32.2 Å². The topological polar surface area (TPSA) is 129 Å². The van der Waals surface area contributed by atoms with Crippen LogP contribution in [-0.4, -0.2) is 67.1 Å². The van der Waals surface area contributed by atoms with Gasteiger partial charge in [-0.05, 0) is 76.8 Å². The molecule has 0 spiro atoms. The van der Waals surface area contributed by atoms with Crippen LogP contribution in [0.3, 0.4) is 0 Å². The number of hydrogen-bond acceptors (Lipinski definition) is 7. The van der Waals surface area contributed by atoms with Crippen LogP contribution in [0.2, 0.25) is 10.0 Å². The maximum Gasteiger partial charge on any atom is 0.411 e. The number of nitrogens with one attached hydrogen (secondary N) is 1. The summed E-state index contributed by atoms with van der Waals surface area (Å²) in [5, 5.41) is 9.79. The Morgan fingerprint density at radius 1 is 1.12 bits per heavy atom. The molecule has 220 valence electrons. The Morgan fingerprint density at radius 3 is 2.51 bits per heavy atom. The Hall–Kier alpha value is -3.20. The molecule has 0 saturated carbocycles. The molecule has 0 bridgehead atoms. The molecule has 4 rings (SSSR count). The fraction of sp³-hybridized carbons (Fsp3) is 0.464. The van der Waals surface area contributed by atoms with E-state index in [4.69, 9.17) is 32.7 Å². The van der Waals surface area contributed by atoms with Crippen LogP contribution in [0.25, 0.3) is 0 Å². The van der Waals surface area contributed by atoms with Gasteiger partial charge in [0.15, 0.2) is 5.54 Å². The molecule has 2 amide bonds. The van der Waals surface area contributed by atoms with E-state index < -0.39 is 33.3 Å². The molecule has 0 aliphatic carbocycles. The summed E-state index contributed by atoms with van der Waals surface area (Å²) >= 11 is 12.5. The molecular weight excluding hydrogens is 591 g/mol. The molecule has 2 aliphatic rings. The van der Waals surface area contributed by atoms with Gasteiger partial charge in [0.1, 0.15) is 28.9 Å². The van der Waals surface area contributed by atoms with E-state index in [1.54, 1.807) is 32.9 Å². The van der Waals surface area contributed by atoms with Crippen LogP contribution in [0, 0.1) is 11.3 Å². The molecule has 0 aromatic heterocycles. The summed E-state index contributed by atoms with van der Waals surface area (Å²) in [6.45, 7) is 5.69. The largest absolute Gasteiger partial charge is 0.489 e.